The van der Waals surface area contributed by atoms with Crippen molar-refractivity contribution in [2.45, 2.75) is 9.79 Å². The van der Waals surface area contributed by atoms with Gasteiger partial charge in [-0.2, -0.15) is 40.6 Å². The normalized spacial score (nSPS) is 15.3. The van der Waals surface area contributed by atoms with Crippen LogP contribution in [0.5, 0.6) is 0 Å². The zero-order valence-corrected chi connectivity index (χ0v) is 35.5. The predicted molar refractivity (Wildman–Crippen MR) is 242 cm³/mol. The Labute approximate surface area is 373 Å². The molecule has 336 valence electrons. The first-order valence-corrected chi connectivity index (χ1v) is 22.7. The smallest absolute Gasteiger partial charge is 0.296 e. The van der Waals surface area contributed by atoms with Crippen LogP contribution in [-0.4, -0.2) is 66.8 Å². The maximum atomic E-state index is 13.9. The fourth-order valence-electron chi connectivity index (χ4n) is 6.16. The Kier molecular flexibility index (Phi) is 12.5. The lowest BCUT2D eigenvalue weighted by Crippen LogP contribution is -2.28. The van der Waals surface area contributed by atoms with Crippen molar-refractivity contribution in [2.24, 2.45) is 20.4 Å². The molecule has 5 aromatic carbocycles. The van der Waals surface area contributed by atoms with Crippen LogP contribution in [-0.2, 0) is 35.1 Å². The van der Waals surface area contributed by atoms with Gasteiger partial charge in [0.2, 0.25) is 11.6 Å². The number of carbonyl (C=O) groups is 2. The van der Waals surface area contributed by atoms with Crippen molar-refractivity contribution in [3.63, 3.8) is 0 Å². The summed E-state index contributed by atoms with van der Waals surface area (Å²) in [6.45, 7) is 0. The fourth-order valence-corrected chi connectivity index (χ4v) is 8.16. The number of ketones is 2. The number of nitro groups is 1. The summed E-state index contributed by atoms with van der Waals surface area (Å²) in [5.74, 6) is -1.69. The van der Waals surface area contributed by atoms with E-state index < -0.39 is 84.0 Å². The van der Waals surface area contributed by atoms with Crippen LogP contribution in [0.25, 0.3) is 6.08 Å². The van der Waals surface area contributed by atoms with Gasteiger partial charge in [-0.3, -0.25) is 44.2 Å². The number of fused-ring (bicyclic) bond motifs is 1. The van der Waals surface area contributed by atoms with Crippen molar-refractivity contribution >= 4 is 111 Å². The number of nitrogens with zero attached hydrogens (tertiary/aromatic N) is 5. The third-order valence-electron chi connectivity index (χ3n) is 9.23. The number of benzene rings is 5. The second-order valence-electron chi connectivity index (χ2n) is 13.7. The lowest BCUT2D eigenvalue weighted by molar-refractivity contribution is -0.384. The van der Waals surface area contributed by atoms with E-state index >= 15 is 0 Å². The van der Waals surface area contributed by atoms with Crippen LogP contribution in [0, 0.1) is 10.1 Å². The summed E-state index contributed by atoms with van der Waals surface area (Å²) >= 11 is 0. The van der Waals surface area contributed by atoms with Crippen LogP contribution in [0.4, 0.5) is 51.2 Å². The molecule has 9 N–H and O–H groups in total. The summed E-state index contributed by atoms with van der Waals surface area (Å²) in [4.78, 5) is 34.0. The van der Waals surface area contributed by atoms with Crippen LogP contribution < -0.4 is 27.2 Å². The minimum Gasteiger partial charge on any atom is -0.396 e. The van der Waals surface area contributed by atoms with Crippen molar-refractivity contribution in [3.05, 3.63) is 153 Å². The number of hydrogen-bond donors (Lipinski definition) is 8. The highest BCUT2D eigenvalue weighted by Crippen LogP contribution is 2.41. The summed E-state index contributed by atoms with van der Waals surface area (Å²) in [6, 6.07) is 23.8. The summed E-state index contributed by atoms with van der Waals surface area (Å²) < 4.78 is 105. The van der Waals surface area contributed by atoms with Gasteiger partial charge in [0.25, 0.3) is 36.0 Å². The van der Waals surface area contributed by atoms with E-state index in [1.807, 2.05) is 30.3 Å². The van der Waals surface area contributed by atoms with E-state index in [0.717, 1.165) is 36.0 Å². The predicted octanol–water partition coefficient (Wildman–Crippen LogP) is 6.63. The van der Waals surface area contributed by atoms with Gasteiger partial charge in [0.05, 0.1) is 38.9 Å². The summed E-state index contributed by atoms with van der Waals surface area (Å²) in [5.41, 5.74) is 9.05. The average molecular weight is 955 g/mol. The molecule has 0 aliphatic heterocycles. The number of hydrogen-bond acceptors (Lipinski definition) is 19. The molecule has 0 aromatic heterocycles. The van der Waals surface area contributed by atoms with Crippen LogP contribution in [0.1, 0.15) is 15.9 Å². The molecule has 2 aliphatic carbocycles. The third kappa shape index (κ3) is 10.4. The minimum absolute atomic E-state index is 0.0513. The topological polar surface area (TPSA) is 364 Å². The summed E-state index contributed by atoms with van der Waals surface area (Å²) in [6.07, 6.45) is 5.25. The third-order valence-corrected chi connectivity index (χ3v) is 11.9. The Morgan fingerprint density at radius 3 is 1.88 bits per heavy atom. The van der Waals surface area contributed by atoms with Crippen LogP contribution in [0.15, 0.2) is 162 Å². The molecule has 5 aromatic rings. The van der Waals surface area contributed by atoms with Crippen LogP contribution >= 0.6 is 0 Å². The van der Waals surface area contributed by atoms with E-state index in [0.29, 0.717) is 29.2 Å². The molecule has 26 heteroatoms. The number of nitrogens with two attached hydrogens (primary N) is 1. The van der Waals surface area contributed by atoms with E-state index in [2.05, 4.69) is 41.9 Å². The zero-order valence-electron chi connectivity index (χ0n) is 33.1. The van der Waals surface area contributed by atoms with Gasteiger partial charge in [-0.05, 0) is 96.6 Å². The first kappa shape index (κ1) is 45.7. The number of allylic oxidation sites excluding steroid dienone is 4. The number of nitrogens with one attached hydrogen (secondary N) is 4. The molecule has 66 heavy (non-hydrogen) atoms. The van der Waals surface area contributed by atoms with Crippen LogP contribution in [0.2, 0.25) is 0 Å². The van der Waals surface area contributed by atoms with E-state index in [1.54, 1.807) is 18.2 Å². The van der Waals surface area contributed by atoms with Crippen molar-refractivity contribution < 1.29 is 53.4 Å². The van der Waals surface area contributed by atoms with Gasteiger partial charge in [0, 0.05) is 35.3 Å². The molecule has 23 nitrogen and oxygen atoms in total. The van der Waals surface area contributed by atoms with Crippen molar-refractivity contribution in [1.82, 2.24) is 0 Å². The molecule has 0 saturated carbocycles. The quantitative estimate of drug-likeness (QED) is 0.0145. The highest BCUT2D eigenvalue weighted by molar-refractivity contribution is 7.91. The molecule has 0 radical (unpaired) electrons. The molecule has 0 fully saturated rings. The molecule has 0 heterocycles. The summed E-state index contributed by atoms with van der Waals surface area (Å²) in [7, 11) is -15.5. The number of carbonyl (C=O) groups excluding carboxylic acids is 2. The van der Waals surface area contributed by atoms with Crippen LogP contribution in [0.3, 0.4) is 0 Å². The second kappa shape index (κ2) is 18.1. The maximum Gasteiger partial charge on any atom is 0.296 e. The highest BCUT2D eigenvalue weighted by atomic mass is 32.2. The second-order valence-corrected chi connectivity index (χ2v) is 17.9. The van der Waals surface area contributed by atoms with Gasteiger partial charge in [0.1, 0.15) is 26.1 Å². The molecule has 7 rings (SSSR count). The first-order valence-electron chi connectivity index (χ1n) is 18.4. The van der Waals surface area contributed by atoms with E-state index in [-0.39, 0.29) is 34.2 Å². The van der Waals surface area contributed by atoms with Gasteiger partial charge in [-0.15, -0.1) is 5.11 Å². The van der Waals surface area contributed by atoms with Gasteiger partial charge in [-0.1, -0.05) is 18.2 Å². The molecule has 2 aliphatic rings. The lowest BCUT2D eigenvalue weighted by Gasteiger charge is -2.20. The zero-order chi connectivity index (χ0) is 47.6. The van der Waals surface area contributed by atoms with Gasteiger partial charge in [0.15, 0.2) is 5.71 Å². The maximum absolute atomic E-state index is 13.9. The molecule has 0 atom stereocenters. The Balaban J connectivity index is 1.12. The van der Waals surface area contributed by atoms with Gasteiger partial charge in [-0.25, -0.2) is 0 Å². The largest absolute Gasteiger partial charge is 0.396 e. The van der Waals surface area contributed by atoms with E-state index in [9.17, 15) is 58.6 Å². The molecule has 0 unspecified atom stereocenters. The first-order chi connectivity index (χ1) is 31.2. The SMILES string of the molecule is Nc1c(N=Nc2ccc([N+](=O)[O-])cc2)c(S(=O)(=O)O)cc2c1C(=O)/C(=N/Nc1ccc(Nc3ccc(N/N=C4\C=CC(Nc5ccccc5)=CC4=O)cc3)c(S(=O)(=O)O)c1)C(S(=O)(=O)O)=C2. The van der Waals surface area contributed by atoms with E-state index in [4.69, 9.17) is 5.73 Å². The minimum atomic E-state index is -5.34. The number of nitro benzene ring substituents is 1. The van der Waals surface area contributed by atoms with Gasteiger partial charge < -0.3 is 16.4 Å². The Morgan fingerprint density at radius 2 is 1.26 bits per heavy atom. The number of Topliss-reactive ketones (excluding diaryl/α,β-unsaturated/α-hetero) is 1. The van der Waals surface area contributed by atoms with Crippen molar-refractivity contribution in [3.8, 4) is 0 Å². The number of non-ortho nitro benzene ring substituents is 1. The number of para-hydroxylation sites is 1. The molecule has 0 spiro atoms. The highest BCUT2D eigenvalue weighted by Gasteiger charge is 2.37. The van der Waals surface area contributed by atoms with Crippen molar-refractivity contribution in [2.75, 3.05) is 27.2 Å². The molecule has 0 bridgehead atoms. The Morgan fingerprint density at radius 1 is 0.636 bits per heavy atom. The Hall–Kier alpha value is -8.27. The number of hydrazone groups is 2. The standard InChI is InChI=1S/C40H30N10O13S3/c41-37-36-22(18-34(65(58,59)60)38(37)48-45-26-10-14-29(15-11-26)50(53)54)19-35(66(61,62)63)39(40(36)52)49-46-28-13-17-31(33(21-28)64(55,56)57)43-24-6-8-25(9-7-24)44-47-30-16-12-27(20-32(30)51)42-23-4-2-1-3-5-23/h1-21,42-44,46H,41H2,(H,55,56,57)(H,58,59,60)(H,61,62,63)/b47-30+,48-45?,49-39+. The number of nitrogen functional groups attached to an aromatic ring is 1. The van der Waals surface area contributed by atoms with Crippen molar-refractivity contribution in [1.29, 1.82) is 0 Å². The van der Waals surface area contributed by atoms with E-state index in [1.165, 1.54) is 36.4 Å². The Bertz CT molecular complexity index is 3390. The number of anilines is 6. The molecular weight excluding hydrogens is 925 g/mol. The monoisotopic (exact) mass is 954 g/mol. The fraction of sp³-hybridized carbons (Fsp3) is 0. The number of rotatable bonds is 14. The van der Waals surface area contributed by atoms with Gasteiger partial charge >= 0.3 is 0 Å². The molecule has 0 saturated heterocycles. The molecule has 0 amide bonds. The number of azo groups is 1. The molecular formula is C40H30N10O13S3. The average Bonchev–Trinajstić information content (AvgIpc) is 3.25. The lowest BCUT2D eigenvalue weighted by atomic mass is 9.92. The summed E-state index contributed by atoms with van der Waals surface area (Å²) in [5, 5.41) is 32.4.